The highest BCUT2D eigenvalue weighted by atomic mass is 35.5. The number of amides is 2. The van der Waals surface area contributed by atoms with Gasteiger partial charge in [-0.2, -0.15) is 0 Å². The number of para-hydroxylation sites is 1. The molecule has 1 aliphatic carbocycles. The van der Waals surface area contributed by atoms with E-state index in [1.807, 2.05) is 13.0 Å². The van der Waals surface area contributed by atoms with Crippen molar-refractivity contribution in [3.8, 4) is 0 Å². The summed E-state index contributed by atoms with van der Waals surface area (Å²) in [4.78, 5) is 25.4. The summed E-state index contributed by atoms with van der Waals surface area (Å²) >= 11 is 6.27. The molecule has 0 aromatic heterocycles. The average Bonchev–Trinajstić information content (AvgIpc) is 3.59. The fourth-order valence-corrected chi connectivity index (χ4v) is 5.11. The van der Waals surface area contributed by atoms with Gasteiger partial charge in [-0.25, -0.2) is 8.42 Å². The van der Waals surface area contributed by atoms with E-state index < -0.39 is 15.9 Å². The molecule has 0 spiro atoms. The van der Waals surface area contributed by atoms with Gasteiger partial charge in [0, 0.05) is 11.7 Å². The minimum Gasteiger partial charge on any atom is -0.349 e. The number of benzene rings is 3. The maximum absolute atomic E-state index is 13.0. The number of carbonyl (C=O) groups excluding carboxylic acids is 2. The predicted molar refractivity (Wildman–Crippen MR) is 133 cm³/mol. The maximum Gasteiger partial charge on any atom is 0.262 e. The van der Waals surface area contributed by atoms with Crippen molar-refractivity contribution in [2.45, 2.75) is 37.6 Å². The normalized spacial score (nSPS) is 13.3. The molecule has 9 heteroatoms. The van der Waals surface area contributed by atoms with Gasteiger partial charge in [0.15, 0.2) is 0 Å². The van der Waals surface area contributed by atoms with Gasteiger partial charge in [0.1, 0.15) is 0 Å². The van der Waals surface area contributed by atoms with Gasteiger partial charge in [-0.05, 0) is 74.2 Å². The number of nitrogens with one attached hydrogen (secondary N) is 3. The van der Waals surface area contributed by atoms with Crippen LogP contribution < -0.4 is 15.4 Å². The summed E-state index contributed by atoms with van der Waals surface area (Å²) in [6, 6.07) is 16.3. The topological polar surface area (TPSA) is 104 Å². The van der Waals surface area contributed by atoms with Gasteiger partial charge in [-0.3, -0.25) is 14.3 Å². The molecule has 176 valence electrons. The SMILES string of the molecule is Cc1ccc(C)c(S(=O)(=O)Nc2ccccc2C(=O)Nc2ccc(C(=O)NC3CC3)c(Cl)c2)c1. The number of carbonyl (C=O) groups is 2. The lowest BCUT2D eigenvalue weighted by molar-refractivity contribution is 0.0950. The fraction of sp³-hybridized carbons (Fsp3) is 0.200. The van der Waals surface area contributed by atoms with E-state index in [0.717, 1.165) is 18.4 Å². The Morgan fingerprint density at radius 2 is 1.65 bits per heavy atom. The Kier molecular flexibility index (Phi) is 6.63. The quantitative estimate of drug-likeness (QED) is 0.431. The van der Waals surface area contributed by atoms with Crippen LogP contribution >= 0.6 is 11.6 Å². The monoisotopic (exact) mass is 497 g/mol. The Morgan fingerprint density at radius 3 is 2.35 bits per heavy atom. The Balaban J connectivity index is 1.54. The van der Waals surface area contributed by atoms with E-state index in [-0.39, 0.29) is 33.1 Å². The van der Waals surface area contributed by atoms with Crippen LogP contribution in [0.5, 0.6) is 0 Å². The predicted octanol–water partition coefficient (Wildman–Crippen LogP) is 4.90. The molecule has 0 aliphatic heterocycles. The number of halogens is 1. The van der Waals surface area contributed by atoms with Crippen LogP contribution in [0.3, 0.4) is 0 Å². The summed E-state index contributed by atoms with van der Waals surface area (Å²) in [6.07, 6.45) is 1.92. The van der Waals surface area contributed by atoms with Gasteiger partial charge in [0.2, 0.25) is 0 Å². The van der Waals surface area contributed by atoms with Crippen molar-refractivity contribution in [3.05, 3.63) is 87.9 Å². The largest absolute Gasteiger partial charge is 0.349 e. The first kappa shape index (κ1) is 23.8. The van der Waals surface area contributed by atoms with Crippen molar-refractivity contribution in [1.82, 2.24) is 5.32 Å². The van der Waals surface area contributed by atoms with E-state index >= 15 is 0 Å². The van der Waals surface area contributed by atoms with Crippen LogP contribution in [0.2, 0.25) is 5.02 Å². The Labute approximate surface area is 203 Å². The minimum absolute atomic E-state index is 0.142. The highest BCUT2D eigenvalue weighted by Crippen LogP contribution is 2.26. The number of sulfonamides is 1. The first-order valence-electron chi connectivity index (χ1n) is 10.7. The molecule has 3 aromatic carbocycles. The summed E-state index contributed by atoms with van der Waals surface area (Å²) < 4.78 is 28.6. The second kappa shape index (κ2) is 9.48. The molecule has 34 heavy (non-hydrogen) atoms. The third-order valence-electron chi connectivity index (χ3n) is 5.43. The van der Waals surface area contributed by atoms with Crippen LogP contribution in [0.4, 0.5) is 11.4 Å². The third kappa shape index (κ3) is 5.40. The van der Waals surface area contributed by atoms with Gasteiger partial charge < -0.3 is 10.6 Å². The number of hydrogen-bond acceptors (Lipinski definition) is 4. The molecule has 3 aromatic rings. The minimum atomic E-state index is -3.92. The summed E-state index contributed by atoms with van der Waals surface area (Å²) in [5.41, 5.74) is 2.40. The summed E-state index contributed by atoms with van der Waals surface area (Å²) in [5.74, 6) is -0.776. The Hall–Kier alpha value is -3.36. The number of aryl methyl sites for hydroxylation is 2. The molecular formula is C25H24ClN3O4S. The maximum atomic E-state index is 13.0. The van der Waals surface area contributed by atoms with Crippen molar-refractivity contribution in [1.29, 1.82) is 0 Å². The van der Waals surface area contributed by atoms with E-state index in [4.69, 9.17) is 11.6 Å². The lowest BCUT2D eigenvalue weighted by atomic mass is 10.1. The van der Waals surface area contributed by atoms with Gasteiger partial charge in [-0.15, -0.1) is 0 Å². The van der Waals surface area contributed by atoms with Gasteiger partial charge in [0.05, 0.1) is 26.7 Å². The van der Waals surface area contributed by atoms with Crippen LogP contribution in [0.1, 0.15) is 44.7 Å². The molecule has 2 amide bonds. The lowest BCUT2D eigenvalue weighted by Gasteiger charge is -2.15. The molecule has 1 fully saturated rings. The molecular weight excluding hydrogens is 474 g/mol. The van der Waals surface area contributed by atoms with E-state index in [0.29, 0.717) is 16.8 Å². The van der Waals surface area contributed by atoms with Gasteiger partial charge in [-0.1, -0.05) is 35.9 Å². The summed E-state index contributed by atoms with van der Waals surface area (Å²) in [7, 11) is -3.92. The van der Waals surface area contributed by atoms with Crippen molar-refractivity contribution >= 4 is 44.8 Å². The fourth-order valence-electron chi connectivity index (χ4n) is 3.43. The first-order valence-corrected chi connectivity index (χ1v) is 12.6. The molecule has 0 unspecified atom stereocenters. The molecule has 0 radical (unpaired) electrons. The summed E-state index contributed by atoms with van der Waals surface area (Å²) in [6.45, 7) is 3.52. The summed E-state index contributed by atoms with van der Waals surface area (Å²) in [5, 5.41) is 5.79. The van der Waals surface area contributed by atoms with Crippen LogP contribution in [-0.2, 0) is 10.0 Å². The Morgan fingerprint density at radius 1 is 0.912 bits per heavy atom. The molecule has 1 aliphatic rings. The van der Waals surface area contributed by atoms with E-state index in [9.17, 15) is 18.0 Å². The van der Waals surface area contributed by atoms with Gasteiger partial charge >= 0.3 is 0 Å². The second-order valence-corrected chi connectivity index (χ2v) is 10.4. The highest BCUT2D eigenvalue weighted by molar-refractivity contribution is 7.92. The average molecular weight is 498 g/mol. The van der Waals surface area contributed by atoms with E-state index in [1.54, 1.807) is 43.3 Å². The smallest absolute Gasteiger partial charge is 0.262 e. The molecule has 7 nitrogen and oxygen atoms in total. The first-order chi connectivity index (χ1) is 16.1. The number of rotatable bonds is 7. The van der Waals surface area contributed by atoms with Crippen LogP contribution in [-0.4, -0.2) is 26.3 Å². The van der Waals surface area contributed by atoms with Crippen molar-refractivity contribution in [3.63, 3.8) is 0 Å². The van der Waals surface area contributed by atoms with E-state index in [2.05, 4.69) is 15.4 Å². The molecule has 3 N–H and O–H groups in total. The molecule has 0 atom stereocenters. The number of hydrogen-bond donors (Lipinski definition) is 3. The van der Waals surface area contributed by atoms with Crippen LogP contribution in [0.15, 0.2) is 65.6 Å². The third-order valence-corrected chi connectivity index (χ3v) is 7.25. The molecule has 0 bridgehead atoms. The van der Waals surface area contributed by atoms with E-state index in [1.165, 1.54) is 18.2 Å². The zero-order valence-corrected chi connectivity index (χ0v) is 20.3. The molecule has 1 saturated carbocycles. The van der Waals surface area contributed by atoms with Crippen LogP contribution in [0, 0.1) is 13.8 Å². The van der Waals surface area contributed by atoms with Crippen LogP contribution in [0.25, 0.3) is 0 Å². The second-order valence-electron chi connectivity index (χ2n) is 8.32. The lowest BCUT2D eigenvalue weighted by Crippen LogP contribution is -2.25. The van der Waals surface area contributed by atoms with Gasteiger partial charge in [0.25, 0.3) is 21.8 Å². The molecule has 4 rings (SSSR count). The molecule has 0 saturated heterocycles. The van der Waals surface area contributed by atoms with Crippen molar-refractivity contribution in [2.24, 2.45) is 0 Å². The Bertz CT molecular complexity index is 1380. The zero-order chi connectivity index (χ0) is 24.5. The highest BCUT2D eigenvalue weighted by Gasteiger charge is 2.25. The standard InChI is InChI=1S/C25H24ClN3O4S/c1-15-7-8-16(2)23(13-15)34(32,33)29-22-6-4-3-5-20(22)25(31)28-18-11-12-19(21(26)14-18)24(30)27-17-9-10-17/h3-8,11-14,17,29H,9-10H2,1-2H3,(H,27,30)(H,28,31). The number of anilines is 2. The zero-order valence-electron chi connectivity index (χ0n) is 18.7. The van der Waals surface area contributed by atoms with Crippen molar-refractivity contribution in [2.75, 3.05) is 10.0 Å². The van der Waals surface area contributed by atoms with Crippen molar-refractivity contribution < 1.29 is 18.0 Å². The molecule has 0 heterocycles.